The minimum atomic E-state index is -0.351. The molecule has 0 spiro atoms. The summed E-state index contributed by atoms with van der Waals surface area (Å²) in [6, 6.07) is 22.6. The van der Waals surface area contributed by atoms with Crippen LogP contribution in [0.5, 0.6) is 11.5 Å². The summed E-state index contributed by atoms with van der Waals surface area (Å²) >= 11 is 2.86. The predicted molar refractivity (Wildman–Crippen MR) is 154 cm³/mol. The number of nitrogens with zero attached hydrogens (tertiary/aromatic N) is 3. The lowest BCUT2D eigenvalue weighted by molar-refractivity contribution is -0.120. The Balaban J connectivity index is 1.19. The second-order valence-corrected chi connectivity index (χ2v) is 10.5. The number of benzene rings is 3. The molecule has 200 valence electrons. The highest BCUT2D eigenvalue weighted by Gasteiger charge is 2.12. The molecule has 0 unspecified atom stereocenters. The molecule has 0 atom stereocenters. The zero-order valence-corrected chi connectivity index (χ0v) is 23.1. The normalized spacial score (nSPS) is 10.8. The van der Waals surface area contributed by atoms with Crippen molar-refractivity contribution >= 4 is 46.3 Å². The number of carbonyl (C=O) groups is 2. The molecular formula is C28H27N5O4S2. The molecule has 0 aliphatic heterocycles. The lowest BCUT2D eigenvalue weighted by Crippen LogP contribution is -2.19. The van der Waals surface area contributed by atoms with Crippen LogP contribution < -0.4 is 20.2 Å². The van der Waals surface area contributed by atoms with Gasteiger partial charge in [0.15, 0.2) is 0 Å². The SMILES string of the molecule is COc1ccc(C(=O)Nc2nnc(CC(=O)NN=Cc3cccc(OCCSc4ccc(C)cc4)c3)s2)cc1. The van der Waals surface area contributed by atoms with E-state index in [0.717, 1.165) is 28.4 Å². The van der Waals surface area contributed by atoms with Crippen LogP contribution >= 0.6 is 23.1 Å². The molecule has 4 aromatic rings. The van der Waals surface area contributed by atoms with Gasteiger partial charge in [0.25, 0.3) is 5.91 Å². The average molecular weight is 562 g/mol. The number of ether oxygens (including phenoxy) is 2. The van der Waals surface area contributed by atoms with Gasteiger partial charge in [-0.3, -0.25) is 14.9 Å². The van der Waals surface area contributed by atoms with E-state index in [2.05, 4.69) is 57.2 Å². The van der Waals surface area contributed by atoms with Crippen LogP contribution in [0.3, 0.4) is 0 Å². The van der Waals surface area contributed by atoms with E-state index in [1.54, 1.807) is 49.4 Å². The van der Waals surface area contributed by atoms with Gasteiger partial charge in [-0.2, -0.15) is 5.10 Å². The Morgan fingerprint density at radius 1 is 1.03 bits per heavy atom. The molecule has 4 rings (SSSR count). The predicted octanol–water partition coefficient (Wildman–Crippen LogP) is 4.97. The van der Waals surface area contributed by atoms with E-state index in [-0.39, 0.29) is 18.2 Å². The maximum absolute atomic E-state index is 12.4. The van der Waals surface area contributed by atoms with Crippen molar-refractivity contribution in [2.75, 3.05) is 24.8 Å². The van der Waals surface area contributed by atoms with Gasteiger partial charge in [-0.25, -0.2) is 5.43 Å². The summed E-state index contributed by atoms with van der Waals surface area (Å²) in [5.74, 6) is 1.54. The first kappa shape index (κ1) is 27.8. The van der Waals surface area contributed by atoms with Crippen LogP contribution in [0, 0.1) is 6.92 Å². The van der Waals surface area contributed by atoms with Gasteiger partial charge in [-0.15, -0.1) is 22.0 Å². The standard InChI is InChI=1S/C28H27N5O4S2/c1-19-6-12-24(13-7-19)38-15-14-37-23-5-3-4-20(16-23)18-29-31-25(34)17-26-32-33-28(39-26)30-27(35)21-8-10-22(36-2)11-9-21/h3-13,16,18H,14-15,17H2,1-2H3,(H,31,34)(H,30,33,35). The van der Waals surface area contributed by atoms with Crippen molar-refractivity contribution in [2.24, 2.45) is 5.10 Å². The number of hydrazone groups is 1. The molecule has 0 fully saturated rings. The number of anilines is 1. The molecule has 39 heavy (non-hydrogen) atoms. The molecule has 0 bridgehead atoms. The van der Waals surface area contributed by atoms with Crippen molar-refractivity contribution in [2.45, 2.75) is 18.2 Å². The molecule has 0 aliphatic rings. The Bertz CT molecular complexity index is 1420. The van der Waals surface area contributed by atoms with Gasteiger partial charge in [-0.05, 0) is 61.0 Å². The van der Waals surface area contributed by atoms with Gasteiger partial charge in [0.1, 0.15) is 16.5 Å². The van der Waals surface area contributed by atoms with E-state index >= 15 is 0 Å². The monoisotopic (exact) mass is 561 g/mol. The first-order valence-corrected chi connectivity index (χ1v) is 13.8. The third kappa shape index (κ3) is 8.94. The first-order chi connectivity index (χ1) is 19.0. The van der Waals surface area contributed by atoms with E-state index in [9.17, 15) is 9.59 Å². The van der Waals surface area contributed by atoms with Crippen molar-refractivity contribution in [1.82, 2.24) is 15.6 Å². The molecule has 0 saturated heterocycles. The number of carbonyl (C=O) groups excluding carboxylic acids is 2. The number of methoxy groups -OCH3 is 1. The Morgan fingerprint density at radius 2 is 1.82 bits per heavy atom. The number of aromatic nitrogens is 2. The summed E-state index contributed by atoms with van der Waals surface area (Å²) in [6.07, 6.45) is 1.53. The molecule has 1 aromatic heterocycles. The van der Waals surface area contributed by atoms with Crippen LogP contribution in [0.4, 0.5) is 5.13 Å². The Morgan fingerprint density at radius 3 is 2.59 bits per heavy atom. The van der Waals surface area contributed by atoms with Crippen molar-refractivity contribution in [3.05, 3.63) is 94.5 Å². The van der Waals surface area contributed by atoms with Crippen molar-refractivity contribution < 1.29 is 19.1 Å². The Labute approximate surface area is 234 Å². The highest BCUT2D eigenvalue weighted by atomic mass is 32.2. The minimum absolute atomic E-state index is 0.0186. The van der Waals surface area contributed by atoms with E-state index in [1.165, 1.54) is 10.5 Å². The van der Waals surface area contributed by atoms with Gasteiger partial charge >= 0.3 is 0 Å². The van der Waals surface area contributed by atoms with E-state index in [4.69, 9.17) is 9.47 Å². The first-order valence-electron chi connectivity index (χ1n) is 12.0. The number of hydrogen-bond acceptors (Lipinski definition) is 9. The third-order valence-corrected chi connectivity index (χ3v) is 7.07. The molecule has 0 saturated carbocycles. The van der Waals surface area contributed by atoms with Crippen LogP contribution in [-0.2, 0) is 11.2 Å². The zero-order chi connectivity index (χ0) is 27.5. The molecule has 9 nitrogen and oxygen atoms in total. The molecule has 11 heteroatoms. The number of hydrogen-bond donors (Lipinski definition) is 2. The fourth-order valence-electron chi connectivity index (χ4n) is 3.28. The van der Waals surface area contributed by atoms with Gasteiger partial charge < -0.3 is 9.47 Å². The van der Waals surface area contributed by atoms with Gasteiger partial charge in [0, 0.05) is 16.2 Å². The van der Waals surface area contributed by atoms with E-state index in [0.29, 0.717) is 28.1 Å². The average Bonchev–Trinajstić information content (AvgIpc) is 3.38. The zero-order valence-electron chi connectivity index (χ0n) is 21.4. The maximum atomic E-state index is 12.4. The maximum Gasteiger partial charge on any atom is 0.257 e. The van der Waals surface area contributed by atoms with Crippen LogP contribution in [0.25, 0.3) is 0 Å². The molecular weight excluding hydrogens is 534 g/mol. The molecule has 1 heterocycles. The third-order valence-electron chi connectivity index (χ3n) is 5.25. The summed E-state index contributed by atoms with van der Waals surface area (Å²) in [6.45, 7) is 2.64. The van der Waals surface area contributed by atoms with Crippen LogP contribution in [-0.4, -0.2) is 47.7 Å². The lowest BCUT2D eigenvalue weighted by atomic mass is 10.2. The summed E-state index contributed by atoms with van der Waals surface area (Å²) in [5, 5.41) is 15.4. The second-order valence-electron chi connectivity index (χ2n) is 8.24. The smallest absolute Gasteiger partial charge is 0.257 e. The van der Waals surface area contributed by atoms with Crippen molar-refractivity contribution in [3.63, 3.8) is 0 Å². The van der Waals surface area contributed by atoms with Gasteiger partial charge in [-0.1, -0.05) is 41.2 Å². The minimum Gasteiger partial charge on any atom is -0.497 e. The fraction of sp³-hybridized carbons (Fsp3) is 0.179. The fourth-order valence-corrected chi connectivity index (χ4v) is 4.75. The largest absolute Gasteiger partial charge is 0.497 e. The van der Waals surface area contributed by atoms with E-state index in [1.807, 2.05) is 24.3 Å². The number of aryl methyl sites for hydroxylation is 1. The summed E-state index contributed by atoms with van der Waals surface area (Å²) in [7, 11) is 1.56. The van der Waals surface area contributed by atoms with Crippen molar-refractivity contribution in [1.29, 1.82) is 0 Å². The number of nitrogens with one attached hydrogen (secondary N) is 2. The number of thioether (sulfide) groups is 1. The Hall–Kier alpha value is -4.22. The molecule has 2 N–H and O–H groups in total. The molecule has 3 aromatic carbocycles. The molecule has 2 amide bonds. The summed E-state index contributed by atoms with van der Waals surface area (Å²) < 4.78 is 10.9. The topological polar surface area (TPSA) is 115 Å². The highest BCUT2D eigenvalue weighted by Crippen LogP contribution is 2.20. The van der Waals surface area contributed by atoms with Crippen LogP contribution in [0.1, 0.15) is 26.5 Å². The quantitative estimate of drug-likeness (QED) is 0.109. The number of amides is 2. The molecule has 0 radical (unpaired) electrons. The Kier molecular flexibility index (Phi) is 10.0. The highest BCUT2D eigenvalue weighted by molar-refractivity contribution is 7.99. The van der Waals surface area contributed by atoms with E-state index < -0.39 is 0 Å². The van der Waals surface area contributed by atoms with Crippen LogP contribution in [0.2, 0.25) is 0 Å². The molecule has 0 aliphatic carbocycles. The van der Waals surface area contributed by atoms with Crippen LogP contribution in [0.15, 0.2) is 82.8 Å². The second kappa shape index (κ2) is 14.1. The summed E-state index contributed by atoms with van der Waals surface area (Å²) in [5.41, 5.74) is 4.97. The lowest BCUT2D eigenvalue weighted by Gasteiger charge is -2.07. The number of rotatable bonds is 12. The van der Waals surface area contributed by atoms with Gasteiger partial charge in [0.2, 0.25) is 11.0 Å². The van der Waals surface area contributed by atoms with Crippen molar-refractivity contribution in [3.8, 4) is 11.5 Å². The summed E-state index contributed by atoms with van der Waals surface area (Å²) in [4.78, 5) is 25.9. The van der Waals surface area contributed by atoms with Gasteiger partial charge in [0.05, 0.1) is 26.4 Å².